The zero-order valence-electron chi connectivity index (χ0n) is 8.21. The van der Waals surface area contributed by atoms with E-state index < -0.39 is 0 Å². The van der Waals surface area contributed by atoms with Gasteiger partial charge in [0.2, 0.25) is 0 Å². The van der Waals surface area contributed by atoms with E-state index in [0.717, 1.165) is 25.2 Å². The van der Waals surface area contributed by atoms with E-state index >= 15 is 0 Å². The highest BCUT2D eigenvalue weighted by molar-refractivity contribution is 7.09. The van der Waals surface area contributed by atoms with Gasteiger partial charge < -0.3 is 4.90 Å². The molecule has 0 unspecified atom stereocenters. The van der Waals surface area contributed by atoms with Crippen LogP contribution in [0.15, 0.2) is 17.5 Å². The molecule has 72 valence electrons. The van der Waals surface area contributed by atoms with Crippen LogP contribution in [0.1, 0.15) is 18.2 Å². The topological polar surface area (TPSA) is 27.1 Å². The smallest absolute Gasteiger partial charge is 0.0958 e. The van der Waals surface area contributed by atoms with Crippen molar-refractivity contribution in [2.75, 3.05) is 13.6 Å². The van der Waals surface area contributed by atoms with Gasteiger partial charge in [-0.15, -0.1) is 11.3 Å². The van der Waals surface area contributed by atoms with Crippen molar-refractivity contribution >= 4 is 17.2 Å². The second kappa shape index (κ2) is 5.02. The number of hydrogen-bond acceptors (Lipinski definition) is 2. The molecule has 0 atom stereocenters. The van der Waals surface area contributed by atoms with Crippen molar-refractivity contribution in [3.63, 3.8) is 0 Å². The molecule has 3 heteroatoms. The molecule has 1 N–H and O–H groups in total. The normalized spacial score (nSPS) is 10.0. The van der Waals surface area contributed by atoms with E-state index in [4.69, 9.17) is 5.41 Å². The first-order valence-electron chi connectivity index (χ1n) is 4.55. The van der Waals surface area contributed by atoms with Gasteiger partial charge in [0.05, 0.1) is 5.84 Å². The van der Waals surface area contributed by atoms with Crippen molar-refractivity contribution in [2.45, 2.75) is 19.8 Å². The Kier molecular flexibility index (Phi) is 3.96. The van der Waals surface area contributed by atoms with Crippen LogP contribution in [-0.4, -0.2) is 24.3 Å². The zero-order valence-corrected chi connectivity index (χ0v) is 9.03. The number of rotatable bonds is 4. The minimum atomic E-state index is 0.732. The summed E-state index contributed by atoms with van der Waals surface area (Å²) < 4.78 is 0. The summed E-state index contributed by atoms with van der Waals surface area (Å²) in [4.78, 5) is 3.35. The molecule has 0 fully saturated rings. The van der Waals surface area contributed by atoms with Gasteiger partial charge in [-0.1, -0.05) is 6.07 Å². The predicted molar refractivity (Wildman–Crippen MR) is 58.7 cm³/mol. The fourth-order valence-corrected chi connectivity index (χ4v) is 1.79. The van der Waals surface area contributed by atoms with Crippen LogP contribution in [0.2, 0.25) is 0 Å². The van der Waals surface area contributed by atoms with Crippen LogP contribution in [-0.2, 0) is 6.42 Å². The molecule has 0 aliphatic heterocycles. The number of amidine groups is 1. The molecular weight excluding hydrogens is 180 g/mol. The van der Waals surface area contributed by atoms with E-state index in [1.54, 1.807) is 11.3 Å². The summed E-state index contributed by atoms with van der Waals surface area (Å²) in [6, 6.07) is 4.19. The van der Waals surface area contributed by atoms with Crippen LogP contribution in [0, 0.1) is 5.41 Å². The van der Waals surface area contributed by atoms with Crippen molar-refractivity contribution in [2.24, 2.45) is 0 Å². The summed E-state index contributed by atoms with van der Waals surface area (Å²) in [6.45, 7) is 2.99. The Labute approximate surface area is 83.7 Å². The Balaban J connectivity index is 2.31. The first-order valence-corrected chi connectivity index (χ1v) is 5.43. The molecule has 13 heavy (non-hydrogen) atoms. The molecule has 1 aromatic rings. The molecule has 2 nitrogen and oxygen atoms in total. The number of nitrogens with one attached hydrogen (secondary N) is 1. The maximum atomic E-state index is 7.73. The molecule has 1 aromatic heterocycles. The van der Waals surface area contributed by atoms with Crippen LogP contribution in [0.3, 0.4) is 0 Å². The number of hydrogen-bond donors (Lipinski definition) is 1. The maximum Gasteiger partial charge on any atom is 0.0958 e. The van der Waals surface area contributed by atoms with Gasteiger partial charge in [0, 0.05) is 24.9 Å². The lowest BCUT2D eigenvalue weighted by Crippen LogP contribution is -2.25. The largest absolute Gasteiger partial charge is 0.364 e. The lowest BCUT2D eigenvalue weighted by Gasteiger charge is -2.16. The molecule has 1 rings (SSSR count). The minimum Gasteiger partial charge on any atom is -0.364 e. The summed E-state index contributed by atoms with van der Waals surface area (Å²) in [5, 5.41) is 9.81. The molecule has 0 bridgehead atoms. The minimum absolute atomic E-state index is 0.732. The highest BCUT2D eigenvalue weighted by Crippen LogP contribution is 2.11. The first-order chi connectivity index (χ1) is 6.24. The van der Waals surface area contributed by atoms with Crippen molar-refractivity contribution in [1.29, 1.82) is 5.41 Å². The predicted octanol–water partition coefficient (Wildman–Crippen LogP) is 2.61. The van der Waals surface area contributed by atoms with E-state index in [0.29, 0.717) is 0 Å². The average molecular weight is 196 g/mol. The summed E-state index contributed by atoms with van der Waals surface area (Å²) in [7, 11) is 1.97. The first kappa shape index (κ1) is 10.3. The molecule has 0 saturated heterocycles. The van der Waals surface area contributed by atoms with Crippen LogP contribution >= 0.6 is 11.3 Å². The quantitative estimate of drug-likeness (QED) is 0.581. The molecule has 0 aliphatic carbocycles. The van der Waals surface area contributed by atoms with Gasteiger partial charge >= 0.3 is 0 Å². The van der Waals surface area contributed by atoms with Crippen LogP contribution in [0.5, 0.6) is 0 Å². The Morgan fingerprint density at radius 2 is 2.38 bits per heavy atom. The van der Waals surface area contributed by atoms with Crippen molar-refractivity contribution in [3.8, 4) is 0 Å². The Bertz CT molecular complexity index is 254. The molecule has 1 heterocycles. The van der Waals surface area contributed by atoms with Crippen LogP contribution < -0.4 is 0 Å². The van der Waals surface area contributed by atoms with E-state index in [-0.39, 0.29) is 0 Å². The SMILES string of the molecule is CCN(C)C(=N)CCc1cccs1. The monoisotopic (exact) mass is 196 g/mol. The van der Waals surface area contributed by atoms with Crippen molar-refractivity contribution < 1.29 is 0 Å². The highest BCUT2D eigenvalue weighted by Gasteiger charge is 2.02. The lowest BCUT2D eigenvalue weighted by molar-refractivity contribution is 0.517. The standard InChI is InChI=1S/C10H16N2S/c1-3-12(2)10(11)7-6-9-5-4-8-13-9/h4-5,8,11H,3,6-7H2,1-2H3. The Morgan fingerprint density at radius 1 is 1.62 bits per heavy atom. The highest BCUT2D eigenvalue weighted by atomic mass is 32.1. The van der Waals surface area contributed by atoms with E-state index in [9.17, 15) is 0 Å². The number of thiophene rings is 1. The van der Waals surface area contributed by atoms with Crippen molar-refractivity contribution in [1.82, 2.24) is 4.90 Å². The number of aryl methyl sites for hydroxylation is 1. The third-order valence-electron chi connectivity index (χ3n) is 2.12. The van der Waals surface area contributed by atoms with Crippen LogP contribution in [0.25, 0.3) is 0 Å². The van der Waals surface area contributed by atoms with Gasteiger partial charge in [-0.2, -0.15) is 0 Å². The second-order valence-corrected chi connectivity index (χ2v) is 4.07. The molecule has 0 amide bonds. The van der Waals surface area contributed by atoms with Gasteiger partial charge in [-0.3, -0.25) is 5.41 Å². The summed E-state index contributed by atoms with van der Waals surface area (Å²) in [5.74, 6) is 0.732. The molecule has 0 saturated carbocycles. The fourth-order valence-electron chi connectivity index (χ4n) is 1.08. The third kappa shape index (κ3) is 3.19. The summed E-state index contributed by atoms with van der Waals surface area (Å²) in [5.41, 5.74) is 0. The average Bonchev–Trinajstić information content (AvgIpc) is 2.65. The van der Waals surface area contributed by atoms with Gasteiger partial charge in [0.1, 0.15) is 0 Å². The van der Waals surface area contributed by atoms with E-state index in [2.05, 4.69) is 24.4 Å². The molecule has 0 radical (unpaired) electrons. The number of nitrogens with zero attached hydrogens (tertiary/aromatic N) is 1. The fraction of sp³-hybridized carbons (Fsp3) is 0.500. The Hall–Kier alpha value is -0.830. The molecule has 0 spiro atoms. The van der Waals surface area contributed by atoms with E-state index in [1.165, 1.54) is 4.88 Å². The van der Waals surface area contributed by atoms with Crippen LogP contribution in [0.4, 0.5) is 0 Å². The second-order valence-electron chi connectivity index (χ2n) is 3.04. The lowest BCUT2D eigenvalue weighted by atomic mass is 10.2. The van der Waals surface area contributed by atoms with Crippen molar-refractivity contribution in [3.05, 3.63) is 22.4 Å². The zero-order chi connectivity index (χ0) is 9.68. The molecule has 0 aromatic carbocycles. The van der Waals surface area contributed by atoms with Gasteiger partial charge in [-0.05, 0) is 24.8 Å². The summed E-state index contributed by atoms with van der Waals surface area (Å²) >= 11 is 1.77. The van der Waals surface area contributed by atoms with Gasteiger partial charge in [0.15, 0.2) is 0 Å². The van der Waals surface area contributed by atoms with Gasteiger partial charge in [-0.25, -0.2) is 0 Å². The molecular formula is C10H16N2S. The maximum absolute atomic E-state index is 7.73. The van der Waals surface area contributed by atoms with E-state index in [1.807, 2.05) is 11.9 Å². The Morgan fingerprint density at radius 3 is 2.92 bits per heavy atom. The van der Waals surface area contributed by atoms with Gasteiger partial charge in [0.25, 0.3) is 0 Å². The summed E-state index contributed by atoms with van der Waals surface area (Å²) in [6.07, 6.45) is 1.85. The third-order valence-corrected chi connectivity index (χ3v) is 3.06. The molecule has 0 aliphatic rings.